The lowest BCUT2D eigenvalue weighted by molar-refractivity contribution is 0.361. The van der Waals surface area contributed by atoms with Crippen molar-refractivity contribution in [3.63, 3.8) is 0 Å². The van der Waals surface area contributed by atoms with Gasteiger partial charge in [-0.1, -0.05) is 6.07 Å². The molecular weight excluding hydrogens is 152 g/mol. The number of rotatable bonds is 3. The number of carbonyl (C=O) groups excluding carboxylic acids is 1. The first-order valence-electron chi connectivity index (χ1n) is 3.77. The van der Waals surface area contributed by atoms with E-state index in [4.69, 9.17) is 0 Å². The first-order chi connectivity index (χ1) is 5.75. The highest BCUT2D eigenvalue weighted by atomic mass is 16.1. The van der Waals surface area contributed by atoms with Gasteiger partial charge in [0.25, 0.3) is 0 Å². The van der Waals surface area contributed by atoms with Crippen LogP contribution in [0.25, 0.3) is 0 Å². The molecule has 0 fully saturated rings. The smallest absolute Gasteiger partial charge is 0.312 e. The van der Waals surface area contributed by atoms with Crippen LogP contribution in [0.1, 0.15) is 18.7 Å². The van der Waals surface area contributed by atoms with Crippen LogP contribution in [0.2, 0.25) is 0 Å². The third-order valence-electron chi connectivity index (χ3n) is 1.84. The summed E-state index contributed by atoms with van der Waals surface area (Å²) in [5.41, 5.74) is 0.878. The van der Waals surface area contributed by atoms with E-state index in [9.17, 15) is 4.79 Å². The molecule has 1 unspecified atom stereocenters. The fourth-order valence-corrected chi connectivity index (χ4v) is 0.901. The summed E-state index contributed by atoms with van der Waals surface area (Å²) >= 11 is 0. The molecule has 3 nitrogen and oxygen atoms in total. The average molecular weight is 163 g/mol. The molecule has 0 aliphatic rings. The van der Waals surface area contributed by atoms with Crippen molar-refractivity contribution in [2.45, 2.75) is 13.0 Å². The fraction of sp³-hybridized carbons (Fsp3) is 0.333. The molecule has 63 valence electrons. The summed E-state index contributed by atoms with van der Waals surface area (Å²) in [6, 6.07) is 5.63. The second-order valence-corrected chi connectivity index (χ2v) is 2.63. The summed E-state index contributed by atoms with van der Waals surface area (Å²) in [5, 5.41) is 0. The maximum Gasteiger partial charge on any atom is 0.312 e. The molecule has 1 aromatic rings. The Hall–Kier alpha value is -1.38. The Labute approximate surface area is 72.0 Å². The van der Waals surface area contributed by atoms with Crippen LogP contribution in [-0.4, -0.2) is 23.3 Å². The number of hydrogen-bond acceptors (Lipinski definition) is 2. The van der Waals surface area contributed by atoms with Crippen molar-refractivity contribution in [1.82, 2.24) is 9.88 Å². The predicted molar refractivity (Wildman–Crippen MR) is 46.1 cm³/mol. The van der Waals surface area contributed by atoms with Crippen molar-refractivity contribution in [1.29, 1.82) is 0 Å². The molecule has 0 N–H and O–H groups in total. The highest BCUT2D eigenvalue weighted by molar-refractivity contribution is 5.48. The van der Waals surface area contributed by atoms with Crippen molar-refractivity contribution < 1.29 is 4.79 Å². The Morgan fingerprint density at radius 2 is 2.33 bits per heavy atom. The lowest BCUT2D eigenvalue weighted by Gasteiger charge is -2.17. The SMILES string of the molecule is CC(c1ccccn1)N(C)[C]=O. The van der Waals surface area contributed by atoms with E-state index in [0.717, 1.165) is 5.69 Å². The molecule has 0 aromatic carbocycles. The van der Waals surface area contributed by atoms with Crippen LogP contribution in [-0.2, 0) is 4.79 Å². The summed E-state index contributed by atoms with van der Waals surface area (Å²) in [4.78, 5) is 15.9. The molecule has 12 heavy (non-hydrogen) atoms. The maximum absolute atomic E-state index is 10.3. The average Bonchev–Trinajstić information content (AvgIpc) is 2.17. The summed E-state index contributed by atoms with van der Waals surface area (Å²) in [6.07, 6.45) is 3.52. The minimum absolute atomic E-state index is 0.0105. The van der Waals surface area contributed by atoms with E-state index in [1.807, 2.05) is 25.1 Å². The van der Waals surface area contributed by atoms with Crippen molar-refractivity contribution in [3.8, 4) is 0 Å². The summed E-state index contributed by atoms with van der Waals surface area (Å²) in [5.74, 6) is 0. The summed E-state index contributed by atoms with van der Waals surface area (Å²) < 4.78 is 0. The molecule has 1 atom stereocenters. The third-order valence-corrected chi connectivity index (χ3v) is 1.84. The van der Waals surface area contributed by atoms with Gasteiger partial charge in [-0.25, -0.2) is 0 Å². The van der Waals surface area contributed by atoms with Gasteiger partial charge in [0.2, 0.25) is 0 Å². The molecule has 0 spiro atoms. The first kappa shape index (κ1) is 8.71. The number of pyridine rings is 1. The molecule has 1 heterocycles. The lowest BCUT2D eigenvalue weighted by Crippen LogP contribution is -2.20. The van der Waals surface area contributed by atoms with Gasteiger partial charge in [0.1, 0.15) is 0 Å². The lowest BCUT2D eigenvalue weighted by atomic mass is 10.2. The van der Waals surface area contributed by atoms with Gasteiger partial charge in [0, 0.05) is 13.2 Å². The van der Waals surface area contributed by atoms with Crippen molar-refractivity contribution in [2.75, 3.05) is 7.05 Å². The molecule has 0 saturated heterocycles. The van der Waals surface area contributed by atoms with Crippen LogP contribution in [0.15, 0.2) is 24.4 Å². The van der Waals surface area contributed by atoms with Gasteiger partial charge in [0.05, 0.1) is 11.7 Å². The molecule has 1 rings (SSSR count). The van der Waals surface area contributed by atoms with Crippen LogP contribution in [0.3, 0.4) is 0 Å². The Kier molecular flexibility index (Phi) is 2.80. The minimum Gasteiger partial charge on any atom is -0.329 e. The fourth-order valence-electron chi connectivity index (χ4n) is 0.901. The molecular formula is C9H11N2O. The van der Waals surface area contributed by atoms with Crippen molar-refractivity contribution >= 4 is 6.41 Å². The van der Waals surface area contributed by atoms with Gasteiger partial charge in [-0.3, -0.25) is 9.78 Å². The molecule has 1 aromatic heterocycles. The van der Waals surface area contributed by atoms with E-state index >= 15 is 0 Å². The molecule has 1 radical (unpaired) electrons. The number of amides is 1. The van der Waals surface area contributed by atoms with E-state index in [2.05, 4.69) is 4.98 Å². The highest BCUT2D eigenvalue weighted by Gasteiger charge is 2.10. The molecule has 0 bridgehead atoms. The number of aromatic nitrogens is 1. The maximum atomic E-state index is 10.3. The second kappa shape index (κ2) is 3.85. The van der Waals surface area contributed by atoms with E-state index < -0.39 is 0 Å². The molecule has 1 amide bonds. The standard InChI is InChI=1S/C9H11N2O/c1-8(11(2)7-12)9-5-3-4-6-10-9/h3-6,8H,1-2H3. The van der Waals surface area contributed by atoms with Gasteiger partial charge in [-0.05, 0) is 19.1 Å². The zero-order chi connectivity index (χ0) is 8.97. The molecule has 0 saturated carbocycles. The molecule has 3 heteroatoms. The zero-order valence-electron chi connectivity index (χ0n) is 7.19. The number of nitrogens with zero attached hydrogens (tertiary/aromatic N) is 2. The number of hydrogen-bond donors (Lipinski definition) is 0. The predicted octanol–water partition coefficient (Wildman–Crippen LogP) is 1.14. The van der Waals surface area contributed by atoms with E-state index in [1.165, 1.54) is 4.90 Å². The minimum atomic E-state index is -0.0105. The normalized spacial score (nSPS) is 12.2. The van der Waals surface area contributed by atoms with Crippen LogP contribution < -0.4 is 0 Å². The quantitative estimate of drug-likeness (QED) is 0.626. The third kappa shape index (κ3) is 1.81. The van der Waals surface area contributed by atoms with Crippen molar-refractivity contribution in [3.05, 3.63) is 30.1 Å². The first-order valence-corrected chi connectivity index (χ1v) is 3.77. The Morgan fingerprint density at radius 3 is 2.83 bits per heavy atom. The van der Waals surface area contributed by atoms with Crippen LogP contribution in [0, 0.1) is 0 Å². The monoisotopic (exact) mass is 163 g/mol. The van der Waals surface area contributed by atoms with Crippen LogP contribution in [0.4, 0.5) is 0 Å². The Bertz CT molecular complexity index is 248. The Balaban J connectivity index is 2.78. The van der Waals surface area contributed by atoms with Gasteiger partial charge >= 0.3 is 6.41 Å². The van der Waals surface area contributed by atoms with Gasteiger partial charge < -0.3 is 4.90 Å². The van der Waals surface area contributed by atoms with E-state index in [0.29, 0.717) is 0 Å². The summed E-state index contributed by atoms with van der Waals surface area (Å²) in [7, 11) is 1.69. The topological polar surface area (TPSA) is 33.2 Å². The molecule has 0 aliphatic carbocycles. The summed E-state index contributed by atoms with van der Waals surface area (Å²) in [6.45, 7) is 1.91. The highest BCUT2D eigenvalue weighted by Crippen LogP contribution is 2.13. The molecule has 0 aliphatic heterocycles. The van der Waals surface area contributed by atoms with Gasteiger partial charge in [-0.2, -0.15) is 0 Å². The van der Waals surface area contributed by atoms with Crippen LogP contribution in [0.5, 0.6) is 0 Å². The van der Waals surface area contributed by atoms with E-state index in [-0.39, 0.29) is 6.04 Å². The largest absolute Gasteiger partial charge is 0.329 e. The van der Waals surface area contributed by atoms with Crippen molar-refractivity contribution in [2.24, 2.45) is 0 Å². The Morgan fingerprint density at radius 1 is 1.58 bits per heavy atom. The van der Waals surface area contributed by atoms with Gasteiger partial charge in [0.15, 0.2) is 0 Å². The van der Waals surface area contributed by atoms with Gasteiger partial charge in [-0.15, -0.1) is 0 Å². The second-order valence-electron chi connectivity index (χ2n) is 2.63. The van der Waals surface area contributed by atoms with Crippen LogP contribution >= 0.6 is 0 Å². The zero-order valence-corrected chi connectivity index (χ0v) is 7.19. The van der Waals surface area contributed by atoms with E-state index in [1.54, 1.807) is 19.7 Å².